The number of likely N-dealkylation sites (N-methyl/N-ethyl adjacent to an activating group) is 1. The number of ketones is 1. The van der Waals surface area contributed by atoms with Crippen LogP contribution in [0.2, 0.25) is 0 Å². The molecule has 168 valence electrons. The molecule has 0 saturated heterocycles. The summed E-state index contributed by atoms with van der Waals surface area (Å²) >= 11 is 0. The molecule has 1 unspecified atom stereocenters. The number of hydrogen-bond acceptors (Lipinski definition) is 6. The molecular weight excluding hydrogens is 394 g/mol. The molecular formula is C25H33NO5. The Labute approximate surface area is 185 Å². The van der Waals surface area contributed by atoms with E-state index in [1.54, 1.807) is 14.2 Å². The van der Waals surface area contributed by atoms with Crippen molar-refractivity contribution in [3.8, 4) is 23.0 Å². The predicted octanol–water partition coefficient (Wildman–Crippen LogP) is 4.23. The quantitative estimate of drug-likeness (QED) is 0.535. The molecule has 0 saturated carbocycles. The zero-order chi connectivity index (χ0) is 22.4. The summed E-state index contributed by atoms with van der Waals surface area (Å²) in [5.74, 6) is 3.09. The molecule has 2 aromatic rings. The Balaban J connectivity index is 1.77. The molecule has 0 bridgehead atoms. The highest BCUT2D eigenvalue weighted by Crippen LogP contribution is 2.48. The summed E-state index contributed by atoms with van der Waals surface area (Å²) in [6.45, 7) is 3.17. The Morgan fingerprint density at radius 2 is 1.87 bits per heavy atom. The minimum atomic E-state index is 0.00628. The van der Waals surface area contributed by atoms with Gasteiger partial charge in [0.1, 0.15) is 11.5 Å². The zero-order valence-corrected chi connectivity index (χ0v) is 19.2. The lowest BCUT2D eigenvalue weighted by atomic mass is 9.87. The Kier molecular flexibility index (Phi) is 7.80. The molecule has 0 radical (unpaired) electrons. The largest absolute Gasteiger partial charge is 0.496 e. The lowest BCUT2D eigenvalue weighted by molar-refractivity contribution is -0.119. The number of hydrogen-bond donors (Lipinski definition) is 0. The number of rotatable bonds is 11. The van der Waals surface area contributed by atoms with E-state index >= 15 is 0 Å². The topological polar surface area (TPSA) is 57.2 Å². The van der Waals surface area contributed by atoms with E-state index in [0.717, 1.165) is 35.4 Å². The van der Waals surface area contributed by atoms with Gasteiger partial charge in [0.15, 0.2) is 11.5 Å². The molecule has 1 heterocycles. The second-order valence-electron chi connectivity index (χ2n) is 8.23. The van der Waals surface area contributed by atoms with Crippen LogP contribution in [0, 0.1) is 0 Å². The molecule has 31 heavy (non-hydrogen) atoms. The number of Topliss-reactive ketones (excluding diaryl/α,β-unsaturated/α-hetero) is 1. The molecule has 1 aliphatic heterocycles. The molecule has 0 spiro atoms. The molecule has 0 aromatic heterocycles. The first-order valence-electron chi connectivity index (χ1n) is 10.7. The van der Waals surface area contributed by atoms with E-state index in [0.29, 0.717) is 36.5 Å². The van der Waals surface area contributed by atoms with Crippen molar-refractivity contribution < 1.29 is 23.7 Å². The van der Waals surface area contributed by atoms with Crippen LogP contribution < -0.4 is 18.9 Å². The minimum absolute atomic E-state index is 0.00628. The second-order valence-corrected chi connectivity index (χ2v) is 8.23. The van der Waals surface area contributed by atoms with Crippen molar-refractivity contribution in [3.05, 3.63) is 47.0 Å². The van der Waals surface area contributed by atoms with Crippen molar-refractivity contribution in [2.24, 2.45) is 0 Å². The second kappa shape index (κ2) is 10.5. The van der Waals surface area contributed by atoms with E-state index in [4.69, 9.17) is 18.9 Å². The smallest absolute Gasteiger partial charge is 0.231 e. The number of para-hydroxylation sites is 1. The maximum Gasteiger partial charge on any atom is 0.231 e. The van der Waals surface area contributed by atoms with Crippen molar-refractivity contribution >= 4 is 5.78 Å². The average molecular weight is 428 g/mol. The van der Waals surface area contributed by atoms with E-state index < -0.39 is 0 Å². The predicted molar refractivity (Wildman–Crippen MR) is 121 cm³/mol. The summed E-state index contributed by atoms with van der Waals surface area (Å²) in [5.41, 5.74) is 3.23. The third-order valence-electron chi connectivity index (χ3n) is 5.67. The minimum Gasteiger partial charge on any atom is -0.496 e. The van der Waals surface area contributed by atoms with Gasteiger partial charge in [0.05, 0.1) is 14.2 Å². The van der Waals surface area contributed by atoms with Crippen LogP contribution in [-0.4, -0.2) is 52.3 Å². The number of ether oxygens (including phenoxy) is 4. The summed E-state index contributed by atoms with van der Waals surface area (Å²) in [6.07, 6.45) is 2.43. The molecule has 3 rings (SSSR count). The monoisotopic (exact) mass is 427 g/mol. The number of benzene rings is 2. The van der Waals surface area contributed by atoms with Gasteiger partial charge in [0, 0.05) is 24.9 Å². The van der Waals surface area contributed by atoms with Gasteiger partial charge in [-0.25, -0.2) is 0 Å². The average Bonchev–Trinajstić information content (AvgIpc) is 3.23. The van der Waals surface area contributed by atoms with E-state index in [9.17, 15) is 4.79 Å². The number of aryl methyl sites for hydroxylation is 1. The third-order valence-corrected chi connectivity index (χ3v) is 5.67. The molecule has 0 amide bonds. The van der Waals surface area contributed by atoms with Crippen LogP contribution in [-0.2, 0) is 17.6 Å². The summed E-state index contributed by atoms with van der Waals surface area (Å²) in [6, 6.07) is 9.89. The van der Waals surface area contributed by atoms with Crippen molar-refractivity contribution in [1.29, 1.82) is 0 Å². The maximum absolute atomic E-state index is 12.9. The Hall–Kier alpha value is -2.73. The Morgan fingerprint density at radius 3 is 2.58 bits per heavy atom. The molecule has 0 N–H and O–H groups in total. The van der Waals surface area contributed by atoms with Gasteiger partial charge in [-0.15, -0.1) is 0 Å². The fraction of sp³-hybridized carbons (Fsp3) is 0.480. The van der Waals surface area contributed by atoms with Crippen LogP contribution in [0.4, 0.5) is 0 Å². The molecule has 1 aliphatic rings. The summed E-state index contributed by atoms with van der Waals surface area (Å²) in [7, 11) is 7.40. The van der Waals surface area contributed by atoms with Gasteiger partial charge >= 0.3 is 0 Å². The molecule has 6 heteroatoms. The SMILES string of the molecule is COc1ccccc1CCC(=O)CC(C)c1c(CCN(C)C)cc2c(c1OC)OCO2. The van der Waals surface area contributed by atoms with Crippen LogP contribution in [0.15, 0.2) is 30.3 Å². The van der Waals surface area contributed by atoms with Crippen molar-refractivity contribution in [2.45, 2.75) is 38.5 Å². The van der Waals surface area contributed by atoms with Crippen LogP contribution in [0.25, 0.3) is 0 Å². The van der Waals surface area contributed by atoms with E-state index in [1.807, 2.05) is 30.3 Å². The summed E-state index contributed by atoms with van der Waals surface area (Å²) in [4.78, 5) is 15.0. The molecule has 1 atom stereocenters. The summed E-state index contributed by atoms with van der Waals surface area (Å²) in [5, 5.41) is 0. The van der Waals surface area contributed by atoms with Crippen LogP contribution in [0.1, 0.15) is 42.4 Å². The highest BCUT2D eigenvalue weighted by atomic mass is 16.7. The van der Waals surface area contributed by atoms with E-state index in [-0.39, 0.29) is 18.5 Å². The fourth-order valence-electron chi connectivity index (χ4n) is 4.10. The van der Waals surface area contributed by atoms with E-state index in [2.05, 4.69) is 25.9 Å². The first kappa shape index (κ1) is 22.9. The van der Waals surface area contributed by atoms with Gasteiger partial charge < -0.3 is 23.8 Å². The Morgan fingerprint density at radius 1 is 1.10 bits per heavy atom. The molecule has 0 fully saturated rings. The van der Waals surface area contributed by atoms with Crippen LogP contribution >= 0.6 is 0 Å². The fourth-order valence-corrected chi connectivity index (χ4v) is 4.10. The molecule has 6 nitrogen and oxygen atoms in total. The first-order valence-corrected chi connectivity index (χ1v) is 10.7. The highest BCUT2D eigenvalue weighted by Gasteiger charge is 2.28. The Bertz CT molecular complexity index is 909. The summed E-state index contributed by atoms with van der Waals surface area (Å²) < 4.78 is 22.4. The zero-order valence-electron chi connectivity index (χ0n) is 19.2. The number of fused-ring (bicyclic) bond motifs is 1. The van der Waals surface area contributed by atoms with Gasteiger partial charge in [0.2, 0.25) is 12.5 Å². The van der Waals surface area contributed by atoms with Crippen molar-refractivity contribution in [1.82, 2.24) is 4.90 Å². The maximum atomic E-state index is 12.9. The van der Waals surface area contributed by atoms with Gasteiger partial charge in [0.25, 0.3) is 0 Å². The van der Waals surface area contributed by atoms with Crippen LogP contribution in [0.3, 0.4) is 0 Å². The third kappa shape index (κ3) is 5.50. The van der Waals surface area contributed by atoms with Crippen molar-refractivity contribution in [3.63, 3.8) is 0 Å². The number of carbonyl (C=O) groups excluding carboxylic acids is 1. The number of carbonyl (C=O) groups is 1. The van der Waals surface area contributed by atoms with E-state index in [1.165, 1.54) is 0 Å². The number of methoxy groups -OCH3 is 2. The van der Waals surface area contributed by atoms with Gasteiger partial charge in [-0.2, -0.15) is 0 Å². The molecule has 0 aliphatic carbocycles. The lowest BCUT2D eigenvalue weighted by Gasteiger charge is -2.22. The normalized spacial score (nSPS) is 13.4. The first-order chi connectivity index (χ1) is 14.9. The number of nitrogens with zero attached hydrogens (tertiary/aromatic N) is 1. The van der Waals surface area contributed by atoms with Crippen molar-refractivity contribution in [2.75, 3.05) is 41.7 Å². The van der Waals surface area contributed by atoms with Gasteiger partial charge in [-0.1, -0.05) is 25.1 Å². The van der Waals surface area contributed by atoms with Crippen LogP contribution in [0.5, 0.6) is 23.0 Å². The van der Waals surface area contributed by atoms with Gasteiger partial charge in [-0.05, 0) is 56.1 Å². The highest BCUT2D eigenvalue weighted by molar-refractivity contribution is 5.80. The van der Waals surface area contributed by atoms with Gasteiger partial charge in [-0.3, -0.25) is 4.79 Å². The molecule has 2 aromatic carbocycles. The standard InChI is InChI=1S/C25H33NO5/c1-17(14-20(27)11-10-18-8-6-7-9-21(18)28-4)23-19(12-13-26(2)3)15-22-24(25(23)29-5)31-16-30-22/h6-9,15,17H,10-14,16H2,1-5H3. The lowest BCUT2D eigenvalue weighted by Crippen LogP contribution is -2.17.